The Morgan fingerprint density at radius 3 is 1.10 bits per heavy atom. The van der Waals surface area contributed by atoms with Gasteiger partial charge in [-0.3, -0.25) is 5.01 Å². The first kappa shape index (κ1) is 16.3. The van der Waals surface area contributed by atoms with E-state index in [0.717, 1.165) is 0 Å². The minimum atomic E-state index is 0.270. The second kappa shape index (κ2) is 6.37. The van der Waals surface area contributed by atoms with Crippen molar-refractivity contribution < 1.29 is 0 Å². The lowest BCUT2D eigenvalue weighted by Gasteiger charge is -2.23. The lowest BCUT2D eigenvalue weighted by Crippen LogP contribution is -2.26. The molecule has 0 aliphatic heterocycles. The highest BCUT2D eigenvalue weighted by Crippen LogP contribution is 2.43. The molecule has 0 aromatic heterocycles. The van der Waals surface area contributed by atoms with Gasteiger partial charge in [0.1, 0.15) is 0 Å². The van der Waals surface area contributed by atoms with Gasteiger partial charge in [0.05, 0.1) is 31.5 Å². The van der Waals surface area contributed by atoms with E-state index in [4.69, 9.17) is 75.4 Å². The first-order chi connectivity index (χ1) is 9.31. The van der Waals surface area contributed by atoms with E-state index in [0.29, 0.717) is 21.4 Å². The zero-order valence-electron chi connectivity index (χ0n) is 9.60. The molecule has 0 fully saturated rings. The number of hydrazine groups is 1. The normalized spacial score (nSPS) is 10.8. The predicted octanol–water partition coefficient (Wildman–Crippen LogP) is 6.62. The lowest BCUT2D eigenvalue weighted by atomic mass is 10.2. The first-order valence-electron chi connectivity index (χ1n) is 5.15. The summed E-state index contributed by atoms with van der Waals surface area (Å²) in [7, 11) is 0. The van der Waals surface area contributed by atoms with Gasteiger partial charge in [-0.25, -0.2) is 5.84 Å². The van der Waals surface area contributed by atoms with Crippen LogP contribution in [0.2, 0.25) is 30.1 Å². The second-order valence-electron chi connectivity index (χ2n) is 3.81. The van der Waals surface area contributed by atoms with E-state index in [2.05, 4.69) is 0 Å². The van der Waals surface area contributed by atoms with Crippen LogP contribution in [0.25, 0.3) is 0 Å². The lowest BCUT2D eigenvalue weighted by molar-refractivity contribution is 1.09. The fourth-order valence-electron chi connectivity index (χ4n) is 1.64. The Morgan fingerprint density at radius 2 is 0.850 bits per heavy atom. The molecule has 20 heavy (non-hydrogen) atoms. The van der Waals surface area contributed by atoms with Crippen LogP contribution in [0.15, 0.2) is 24.3 Å². The van der Waals surface area contributed by atoms with Gasteiger partial charge in [0.15, 0.2) is 0 Å². The number of nitrogens with two attached hydrogens (primary N) is 1. The van der Waals surface area contributed by atoms with Crippen molar-refractivity contribution in [1.29, 1.82) is 0 Å². The molecule has 2 rings (SSSR count). The maximum atomic E-state index is 6.11. The van der Waals surface area contributed by atoms with E-state index in [1.165, 1.54) is 29.3 Å². The van der Waals surface area contributed by atoms with E-state index in [1.807, 2.05) is 0 Å². The molecular weight excluding hydrogens is 385 g/mol. The van der Waals surface area contributed by atoms with Crippen molar-refractivity contribution in [2.45, 2.75) is 0 Å². The van der Waals surface area contributed by atoms with Crippen molar-refractivity contribution >= 4 is 81.0 Å². The topological polar surface area (TPSA) is 29.3 Å². The minimum absolute atomic E-state index is 0.270. The van der Waals surface area contributed by atoms with Gasteiger partial charge in [-0.15, -0.1) is 0 Å². The van der Waals surface area contributed by atoms with Crippen LogP contribution in [0, 0.1) is 0 Å². The van der Waals surface area contributed by atoms with Gasteiger partial charge >= 0.3 is 0 Å². The maximum Gasteiger partial charge on any atom is 0.0949 e. The van der Waals surface area contributed by atoms with Gasteiger partial charge in [-0.05, 0) is 24.3 Å². The van der Waals surface area contributed by atoms with Crippen molar-refractivity contribution in [2.75, 3.05) is 5.01 Å². The summed E-state index contributed by atoms with van der Waals surface area (Å²) in [6.07, 6.45) is 0. The number of hydrogen-bond acceptors (Lipinski definition) is 2. The molecule has 0 bridgehead atoms. The Balaban J connectivity index is 2.61. The van der Waals surface area contributed by atoms with Crippen LogP contribution >= 0.6 is 69.6 Å². The highest BCUT2D eigenvalue weighted by Gasteiger charge is 2.19. The molecule has 0 unspecified atom stereocenters. The second-order valence-corrected chi connectivity index (χ2v) is 6.31. The number of benzene rings is 2. The molecule has 106 valence electrons. The number of anilines is 2. The third-order valence-corrected chi connectivity index (χ3v) is 4.03. The van der Waals surface area contributed by atoms with Crippen LogP contribution in [-0.4, -0.2) is 0 Å². The Kier molecular flexibility index (Phi) is 5.19. The molecule has 2 N–H and O–H groups in total. The summed E-state index contributed by atoms with van der Waals surface area (Å²) in [5, 5.41) is 3.07. The van der Waals surface area contributed by atoms with Crippen molar-refractivity contribution in [3.63, 3.8) is 0 Å². The molecule has 0 aliphatic carbocycles. The van der Waals surface area contributed by atoms with Gasteiger partial charge in [0.25, 0.3) is 0 Å². The fourth-order valence-corrected chi connectivity index (χ4v) is 3.64. The summed E-state index contributed by atoms with van der Waals surface area (Å²) in [4.78, 5) is 0. The SMILES string of the molecule is NN(c1c(Cl)cc(Cl)cc1Cl)c1c(Cl)cc(Cl)cc1Cl. The summed E-state index contributed by atoms with van der Waals surface area (Å²) in [6.45, 7) is 0. The van der Waals surface area contributed by atoms with Gasteiger partial charge in [-0.1, -0.05) is 69.6 Å². The number of halogens is 6. The molecule has 0 saturated heterocycles. The van der Waals surface area contributed by atoms with Crippen LogP contribution in [0.5, 0.6) is 0 Å². The average molecular weight is 391 g/mol. The van der Waals surface area contributed by atoms with E-state index in [-0.39, 0.29) is 20.1 Å². The van der Waals surface area contributed by atoms with Gasteiger partial charge in [0, 0.05) is 10.0 Å². The molecule has 2 aromatic rings. The van der Waals surface area contributed by atoms with Crippen molar-refractivity contribution in [1.82, 2.24) is 0 Å². The number of rotatable bonds is 2. The highest BCUT2D eigenvalue weighted by molar-refractivity contribution is 6.44. The quantitative estimate of drug-likeness (QED) is 0.461. The molecule has 8 heteroatoms. The Hall–Kier alpha value is -0.0600. The van der Waals surface area contributed by atoms with Gasteiger partial charge in [0.2, 0.25) is 0 Å². The molecule has 0 heterocycles. The monoisotopic (exact) mass is 388 g/mol. The molecule has 2 nitrogen and oxygen atoms in total. The molecule has 0 atom stereocenters. The summed E-state index contributed by atoms with van der Waals surface area (Å²) >= 11 is 36.2. The average Bonchev–Trinajstić information content (AvgIpc) is 2.25. The van der Waals surface area contributed by atoms with Crippen molar-refractivity contribution in [3.8, 4) is 0 Å². The summed E-state index contributed by atoms with van der Waals surface area (Å²) in [6, 6.07) is 6.06. The summed E-state index contributed by atoms with van der Waals surface area (Å²) < 4.78 is 0. The van der Waals surface area contributed by atoms with Crippen LogP contribution < -0.4 is 10.9 Å². The van der Waals surface area contributed by atoms with Gasteiger partial charge in [-0.2, -0.15) is 0 Å². The zero-order chi connectivity index (χ0) is 15.0. The fraction of sp³-hybridized carbons (Fsp3) is 0. The van der Waals surface area contributed by atoms with Crippen molar-refractivity contribution in [2.24, 2.45) is 5.84 Å². The van der Waals surface area contributed by atoms with E-state index in [9.17, 15) is 0 Å². The number of hydrogen-bond donors (Lipinski definition) is 1. The molecule has 2 aromatic carbocycles. The largest absolute Gasteiger partial charge is 0.274 e. The Morgan fingerprint density at radius 1 is 0.600 bits per heavy atom. The maximum absolute atomic E-state index is 6.11. The summed E-state index contributed by atoms with van der Waals surface area (Å²) in [5.74, 6) is 6.03. The van der Waals surface area contributed by atoms with Crippen LogP contribution in [0.1, 0.15) is 0 Å². The third-order valence-electron chi connectivity index (χ3n) is 2.45. The molecular formula is C12H6Cl6N2. The zero-order valence-corrected chi connectivity index (χ0v) is 14.1. The standard InChI is InChI=1S/C12H6Cl6N2/c13-5-1-7(15)11(8(16)2-5)20(19)12-9(17)3-6(14)4-10(12)18/h1-4H,19H2. The van der Waals surface area contributed by atoms with Crippen molar-refractivity contribution in [3.05, 3.63) is 54.4 Å². The molecule has 0 saturated carbocycles. The smallest absolute Gasteiger partial charge is 0.0949 e. The van der Waals surface area contributed by atoms with Gasteiger partial charge < -0.3 is 0 Å². The predicted molar refractivity (Wildman–Crippen MR) is 89.3 cm³/mol. The van der Waals surface area contributed by atoms with E-state index >= 15 is 0 Å². The molecule has 0 radical (unpaired) electrons. The van der Waals surface area contributed by atoms with Crippen LogP contribution in [0.4, 0.5) is 11.4 Å². The highest BCUT2D eigenvalue weighted by atomic mass is 35.5. The summed E-state index contributed by atoms with van der Waals surface area (Å²) in [5.41, 5.74) is 0.674. The van der Waals surface area contributed by atoms with Crippen LogP contribution in [0.3, 0.4) is 0 Å². The molecule has 0 spiro atoms. The molecule has 0 amide bonds. The molecule has 0 aliphatic rings. The van der Waals surface area contributed by atoms with E-state index in [1.54, 1.807) is 0 Å². The minimum Gasteiger partial charge on any atom is -0.274 e. The number of nitrogens with zero attached hydrogens (tertiary/aromatic N) is 1. The van der Waals surface area contributed by atoms with E-state index < -0.39 is 0 Å². The first-order valence-corrected chi connectivity index (χ1v) is 7.42. The Bertz CT molecular complexity index is 569. The Labute approximate surface area is 145 Å². The van der Waals surface area contributed by atoms with Crippen LogP contribution in [-0.2, 0) is 0 Å². The third kappa shape index (κ3) is 3.23.